The van der Waals surface area contributed by atoms with Crippen molar-refractivity contribution in [3.8, 4) is 0 Å². The topological polar surface area (TPSA) is 75.4 Å². The SMILES string of the molecule is CC(C)(C)[C@H](N)C(=O)NCC1(O)CC1. The summed E-state index contributed by atoms with van der Waals surface area (Å²) in [6.45, 7) is 6.09. The fourth-order valence-electron chi connectivity index (χ4n) is 1.08. The van der Waals surface area contributed by atoms with Crippen LogP contribution in [-0.4, -0.2) is 29.2 Å². The van der Waals surface area contributed by atoms with Crippen molar-refractivity contribution in [3.63, 3.8) is 0 Å². The summed E-state index contributed by atoms with van der Waals surface area (Å²) >= 11 is 0. The predicted octanol–water partition coefficient (Wildman–Crippen LogP) is 0.000900. The van der Waals surface area contributed by atoms with Crippen molar-refractivity contribution in [1.82, 2.24) is 5.32 Å². The summed E-state index contributed by atoms with van der Waals surface area (Å²) in [4.78, 5) is 11.5. The van der Waals surface area contributed by atoms with E-state index in [4.69, 9.17) is 5.73 Å². The van der Waals surface area contributed by atoms with Crippen LogP contribution in [-0.2, 0) is 4.79 Å². The number of hydrogen-bond acceptors (Lipinski definition) is 3. The molecule has 0 bridgehead atoms. The zero-order chi connectivity index (χ0) is 11.0. The van der Waals surface area contributed by atoms with Crippen LogP contribution in [0.5, 0.6) is 0 Å². The molecular formula is C10H20N2O2. The number of carbonyl (C=O) groups excluding carboxylic acids is 1. The van der Waals surface area contributed by atoms with E-state index in [0.29, 0.717) is 6.54 Å². The highest BCUT2D eigenvalue weighted by Crippen LogP contribution is 2.34. The van der Waals surface area contributed by atoms with Gasteiger partial charge in [-0.1, -0.05) is 20.8 Å². The highest BCUT2D eigenvalue weighted by Gasteiger charge is 2.41. The minimum Gasteiger partial charge on any atom is -0.388 e. The zero-order valence-electron chi connectivity index (χ0n) is 9.13. The molecule has 1 atom stereocenters. The lowest BCUT2D eigenvalue weighted by Gasteiger charge is -2.26. The summed E-state index contributed by atoms with van der Waals surface area (Å²) < 4.78 is 0. The molecule has 0 aromatic carbocycles. The van der Waals surface area contributed by atoms with Crippen LogP contribution in [0.4, 0.5) is 0 Å². The molecule has 4 N–H and O–H groups in total. The monoisotopic (exact) mass is 200 g/mol. The highest BCUT2D eigenvalue weighted by molar-refractivity contribution is 5.82. The van der Waals surface area contributed by atoms with E-state index in [2.05, 4.69) is 5.32 Å². The van der Waals surface area contributed by atoms with Gasteiger partial charge in [0, 0.05) is 6.54 Å². The Hall–Kier alpha value is -0.610. The molecule has 82 valence electrons. The van der Waals surface area contributed by atoms with Gasteiger partial charge in [0.15, 0.2) is 0 Å². The van der Waals surface area contributed by atoms with Gasteiger partial charge in [-0.3, -0.25) is 4.79 Å². The van der Waals surface area contributed by atoms with Gasteiger partial charge in [-0.15, -0.1) is 0 Å². The lowest BCUT2D eigenvalue weighted by atomic mass is 9.87. The maximum Gasteiger partial charge on any atom is 0.237 e. The Morgan fingerprint density at radius 1 is 1.57 bits per heavy atom. The van der Waals surface area contributed by atoms with E-state index in [0.717, 1.165) is 12.8 Å². The molecule has 1 amide bonds. The van der Waals surface area contributed by atoms with Crippen molar-refractivity contribution in [2.45, 2.75) is 45.3 Å². The third-order valence-electron chi connectivity index (χ3n) is 2.63. The summed E-state index contributed by atoms with van der Waals surface area (Å²) in [5.41, 5.74) is 4.86. The van der Waals surface area contributed by atoms with Crippen molar-refractivity contribution >= 4 is 5.91 Å². The molecule has 0 spiro atoms. The Morgan fingerprint density at radius 3 is 2.43 bits per heavy atom. The van der Waals surface area contributed by atoms with E-state index in [-0.39, 0.29) is 11.3 Å². The zero-order valence-corrected chi connectivity index (χ0v) is 9.13. The van der Waals surface area contributed by atoms with Crippen LogP contribution in [0.25, 0.3) is 0 Å². The third-order valence-corrected chi connectivity index (χ3v) is 2.63. The summed E-state index contributed by atoms with van der Waals surface area (Å²) in [6, 6.07) is -0.523. The molecule has 0 heterocycles. The first-order valence-electron chi connectivity index (χ1n) is 5.00. The number of carbonyl (C=O) groups is 1. The summed E-state index contributed by atoms with van der Waals surface area (Å²) in [5, 5.41) is 12.2. The molecule has 0 aromatic rings. The molecule has 0 aliphatic heterocycles. The molecule has 0 saturated heterocycles. The van der Waals surface area contributed by atoms with Crippen LogP contribution < -0.4 is 11.1 Å². The molecule has 0 radical (unpaired) electrons. The third kappa shape index (κ3) is 2.96. The lowest BCUT2D eigenvalue weighted by Crippen LogP contribution is -2.50. The van der Waals surface area contributed by atoms with E-state index >= 15 is 0 Å². The quantitative estimate of drug-likeness (QED) is 0.600. The Kier molecular flexibility index (Phi) is 2.88. The minimum absolute atomic E-state index is 0.183. The van der Waals surface area contributed by atoms with E-state index in [1.165, 1.54) is 0 Å². The molecule has 1 aliphatic rings. The van der Waals surface area contributed by atoms with Crippen LogP contribution in [0.15, 0.2) is 0 Å². The van der Waals surface area contributed by atoms with Crippen molar-refractivity contribution in [3.05, 3.63) is 0 Å². The largest absolute Gasteiger partial charge is 0.388 e. The normalized spacial score (nSPS) is 21.5. The van der Waals surface area contributed by atoms with Crippen LogP contribution in [0.1, 0.15) is 33.6 Å². The van der Waals surface area contributed by atoms with Crippen LogP contribution in [0, 0.1) is 5.41 Å². The van der Waals surface area contributed by atoms with Gasteiger partial charge < -0.3 is 16.2 Å². The molecule has 1 aliphatic carbocycles. The Morgan fingerprint density at radius 2 is 2.07 bits per heavy atom. The number of amides is 1. The van der Waals surface area contributed by atoms with Crippen LogP contribution in [0.3, 0.4) is 0 Å². The summed E-state index contributed by atoms with van der Waals surface area (Å²) in [5.74, 6) is -0.183. The fraction of sp³-hybridized carbons (Fsp3) is 0.900. The smallest absolute Gasteiger partial charge is 0.237 e. The second-order valence-electron chi connectivity index (χ2n) is 5.29. The number of nitrogens with two attached hydrogens (primary N) is 1. The van der Waals surface area contributed by atoms with Crippen molar-refractivity contribution in [1.29, 1.82) is 0 Å². The summed E-state index contributed by atoms with van der Waals surface area (Å²) in [6.07, 6.45) is 1.55. The molecule has 0 unspecified atom stereocenters. The number of aliphatic hydroxyl groups is 1. The van der Waals surface area contributed by atoms with Crippen molar-refractivity contribution in [2.24, 2.45) is 11.1 Å². The maximum atomic E-state index is 11.5. The van der Waals surface area contributed by atoms with Crippen LogP contribution in [0.2, 0.25) is 0 Å². The molecule has 1 rings (SSSR count). The minimum atomic E-state index is -0.646. The lowest BCUT2D eigenvalue weighted by molar-refractivity contribution is -0.125. The average Bonchev–Trinajstić information content (AvgIpc) is 2.77. The molecule has 14 heavy (non-hydrogen) atoms. The van der Waals surface area contributed by atoms with Gasteiger partial charge in [0.2, 0.25) is 5.91 Å². The Balaban J connectivity index is 2.34. The first-order valence-corrected chi connectivity index (χ1v) is 5.00. The van der Waals surface area contributed by atoms with Gasteiger partial charge in [0.1, 0.15) is 0 Å². The standard InChI is InChI=1S/C10H20N2O2/c1-9(2,3)7(11)8(13)12-6-10(14)4-5-10/h7,14H,4-6,11H2,1-3H3,(H,12,13)/t7-/m1/s1. The van der Waals surface area contributed by atoms with E-state index in [1.807, 2.05) is 20.8 Å². The van der Waals surface area contributed by atoms with Crippen molar-refractivity contribution in [2.75, 3.05) is 6.54 Å². The molecule has 0 aromatic heterocycles. The molecule has 1 saturated carbocycles. The van der Waals surface area contributed by atoms with Gasteiger partial charge in [0.25, 0.3) is 0 Å². The fourth-order valence-corrected chi connectivity index (χ4v) is 1.08. The first kappa shape index (κ1) is 11.5. The van der Waals surface area contributed by atoms with Gasteiger partial charge >= 0.3 is 0 Å². The number of rotatable bonds is 3. The van der Waals surface area contributed by atoms with E-state index in [1.54, 1.807) is 0 Å². The molecule has 1 fully saturated rings. The van der Waals surface area contributed by atoms with Gasteiger partial charge in [-0.2, -0.15) is 0 Å². The number of hydrogen-bond donors (Lipinski definition) is 3. The van der Waals surface area contributed by atoms with Crippen LogP contribution >= 0.6 is 0 Å². The molecule has 4 heteroatoms. The molecule has 4 nitrogen and oxygen atoms in total. The summed E-state index contributed by atoms with van der Waals surface area (Å²) in [7, 11) is 0. The van der Waals surface area contributed by atoms with E-state index in [9.17, 15) is 9.90 Å². The van der Waals surface area contributed by atoms with Gasteiger partial charge in [-0.05, 0) is 18.3 Å². The second kappa shape index (κ2) is 3.51. The average molecular weight is 200 g/mol. The van der Waals surface area contributed by atoms with Crippen molar-refractivity contribution < 1.29 is 9.90 Å². The maximum absolute atomic E-state index is 11.5. The highest BCUT2D eigenvalue weighted by atomic mass is 16.3. The van der Waals surface area contributed by atoms with Gasteiger partial charge in [-0.25, -0.2) is 0 Å². The number of nitrogens with one attached hydrogen (secondary N) is 1. The molecular weight excluding hydrogens is 180 g/mol. The Bertz CT molecular complexity index is 229. The predicted molar refractivity (Wildman–Crippen MR) is 54.6 cm³/mol. The Labute approximate surface area is 84.9 Å². The first-order chi connectivity index (χ1) is 6.25. The van der Waals surface area contributed by atoms with E-state index < -0.39 is 11.6 Å². The van der Waals surface area contributed by atoms with Gasteiger partial charge in [0.05, 0.1) is 11.6 Å². The second-order valence-corrected chi connectivity index (χ2v) is 5.29.